The summed E-state index contributed by atoms with van der Waals surface area (Å²) >= 11 is 1.23. The molecule has 2 unspecified atom stereocenters. The highest BCUT2D eigenvalue weighted by atomic mass is 32.1. The van der Waals surface area contributed by atoms with Gasteiger partial charge in [-0.15, -0.1) is 11.3 Å². The van der Waals surface area contributed by atoms with Crippen LogP contribution in [0.25, 0.3) is 0 Å². The molecule has 2 atom stereocenters. The van der Waals surface area contributed by atoms with Gasteiger partial charge >= 0.3 is 0 Å². The molecule has 7 nitrogen and oxygen atoms in total. The number of benzene rings is 1. The second-order valence-electron chi connectivity index (χ2n) is 5.50. The zero-order chi connectivity index (χ0) is 18.1. The molecular formula is C17H16N2O5S. The van der Waals surface area contributed by atoms with Gasteiger partial charge in [-0.3, -0.25) is 19.3 Å². The number of thiazole rings is 1. The first-order valence-corrected chi connectivity index (χ1v) is 8.36. The monoisotopic (exact) mass is 360 g/mol. The first-order valence-electron chi connectivity index (χ1n) is 7.48. The van der Waals surface area contributed by atoms with Crippen LogP contribution in [0.1, 0.15) is 18.5 Å². The van der Waals surface area contributed by atoms with Gasteiger partial charge in [-0.1, -0.05) is 6.07 Å². The molecule has 0 aliphatic carbocycles. The first-order chi connectivity index (χ1) is 12.0. The van der Waals surface area contributed by atoms with Gasteiger partial charge in [0.25, 0.3) is 5.91 Å². The molecule has 25 heavy (non-hydrogen) atoms. The zero-order valence-corrected chi connectivity index (χ0v) is 14.7. The molecule has 0 N–H and O–H groups in total. The largest absolute Gasteiger partial charge is 0.493 e. The molecule has 1 aliphatic heterocycles. The second kappa shape index (κ2) is 6.64. The van der Waals surface area contributed by atoms with Crippen LogP contribution in [0.4, 0.5) is 5.13 Å². The maximum Gasteiger partial charge on any atom is 0.297 e. The van der Waals surface area contributed by atoms with Gasteiger partial charge in [0, 0.05) is 11.6 Å². The van der Waals surface area contributed by atoms with Crippen molar-refractivity contribution in [2.75, 3.05) is 19.1 Å². The maximum atomic E-state index is 12.5. The van der Waals surface area contributed by atoms with Gasteiger partial charge in [-0.2, -0.15) is 0 Å². The van der Waals surface area contributed by atoms with Crippen molar-refractivity contribution < 1.29 is 23.9 Å². The van der Waals surface area contributed by atoms with Crippen LogP contribution in [-0.2, 0) is 14.4 Å². The van der Waals surface area contributed by atoms with Crippen molar-refractivity contribution in [3.05, 3.63) is 35.3 Å². The summed E-state index contributed by atoms with van der Waals surface area (Å²) in [6, 6.07) is 4.31. The van der Waals surface area contributed by atoms with E-state index in [9.17, 15) is 14.4 Å². The second-order valence-corrected chi connectivity index (χ2v) is 6.37. The van der Waals surface area contributed by atoms with Gasteiger partial charge in [0.2, 0.25) is 5.78 Å². The molecular weight excluding hydrogens is 344 g/mol. The standard InChI is InChI=1S/C17H16N2O5S/c1-9(20)13-14(10-4-5-11(23-2)12(8-10)24-3)19(16(22)15(13)21)17-18-6-7-25-17/h4-8,13-14H,1-3H3. The van der Waals surface area contributed by atoms with Crippen molar-refractivity contribution in [3.8, 4) is 11.5 Å². The van der Waals surface area contributed by atoms with Crippen molar-refractivity contribution >= 4 is 33.9 Å². The number of hydrogen-bond donors (Lipinski definition) is 0. The van der Waals surface area contributed by atoms with E-state index < -0.39 is 23.7 Å². The summed E-state index contributed by atoms with van der Waals surface area (Å²) < 4.78 is 10.5. The van der Waals surface area contributed by atoms with Gasteiger partial charge < -0.3 is 9.47 Å². The van der Waals surface area contributed by atoms with Crippen LogP contribution in [0, 0.1) is 5.92 Å². The number of Topliss-reactive ketones (excluding diaryl/α,β-unsaturated/α-hetero) is 2. The van der Waals surface area contributed by atoms with Crippen LogP contribution in [0.5, 0.6) is 11.5 Å². The predicted octanol–water partition coefficient (Wildman–Crippen LogP) is 2.02. The summed E-state index contributed by atoms with van der Waals surface area (Å²) in [7, 11) is 3.01. The van der Waals surface area contributed by atoms with E-state index in [4.69, 9.17) is 9.47 Å². The van der Waals surface area contributed by atoms with Crippen LogP contribution < -0.4 is 14.4 Å². The van der Waals surface area contributed by atoms with Crippen LogP contribution in [0.2, 0.25) is 0 Å². The van der Waals surface area contributed by atoms with E-state index in [0.29, 0.717) is 22.2 Å². The van der Waals surface area contributed by atoms with E-state index in [2.05, 4.69) is 4.98 Å². The number of aromatic nitrogens is 1. The van der Waals surface area contributed by atoms with E-state index in [-0.39, 0.29) is 5.78 Å². The Bertz CT molecular complexity index is 834. The van der Waals surface area contributed by atoms with E-state index in [1.807, 2.05) is 0 Å². The number of anilines is 1. The number of ether oxygens (including phenoxy) is 2. The van der Waals surface area contributed by atoms with Crippen LogP contribution in [-0.4, -0.2) is 36.7 Å². The number of hydrogen-bond acceptors (Lipinski definition) is 7. The summed E-state index contributed by atoms with van der Waals surface area (Å²) in [6.45, 7) is 1.31. The zero-order valence-electron chi connectivity index (χ0n) is 13.9. The minimum atomic E-state index is -1.07. The highest BCUT2D eigenvalue weighted by molar-refractivity contribution is 7.14. The molecule has 1 amide bonds. The minimum Gasteiger partial charge on any atom is -0.493 e. The fourth-order valence-corrected chi connectivity index (χ4v) is 3.67. The number of methoxy groups -OCH3 is 2. The molecule has 1 aliphatic rings. The number of rotatable bonds is 5. The Morgan fingerprint density at radius 1 is 1.20 bits per heavy atom. The highest BCUT2D eigenvalue weighted by Crippen LogP contribution is 2.42. The van der Waals surface area contributed by atoms with Crippen LogP contribution in [0.15, 0.2) is 29.8 Å². The molecule has 3 rings (SSSR count). The van der Waals surface area contributed by atoms with Gasteiger partial charge in [0.05, 0.1) is 20.3 Å². The van der Waals surface area contributed by atoms with E-state index in [1.54, 1.807) is 29.8 Å². The number of carbonyl (C=O) groups is 3. The van der Waals surface area contributed by atoms with E-state index in [0.717, 1.165) is 0 Å². The van der Waals surface area contributed by atoms with Crippen molar-refractivity contribution in [1.82, 2.24) is 4.98 Å². The Labute approximate surface area is 148 Å². The Morgan fingerprint density at radius 2 is 1.92 bits per heavy atom. The summed E-state index contributed by atoms with van der Waals surface area (Å²) in [5, 5.41) is 2.08. The van der Waals surface area contributed by atoms with Crippen molar-refractivity contribution in [1.29, 1.82) is 0 Å². The van der Waals surface area contributed by atoms with Crippen LogP contribution >= 0.6 is 11.3 Å². The topological polar surface area (TPSA) is 85.8 Å². The third-order valence-corrected chi connectivity index (χ3v) is 4.89. The van der Waals surface area contributed by atoms with Crippen molar-refractivity contribution in [2.45, 2.75) is 13.0 Å². The normalized spacial score (nSPS) is 20.0. The number of ketones is 2. The molecule has 1 fully saturated rings. The Morgan fingerprint density at radius 3 is 2.48 bits per heavy atom. The molecule has 2 aromatic rings. The lowest BCUT2D eigenvalue weighted by Gasteiger charge is -2.25. The number of carbonyl (C=O) groups excluding carboxylic acids is 3. The molecule has 0 saturated carbocycles. The number of amides is 1. The lowest BCUT2D eigenvalue weighted by Crippen LogP contribution is -2.30. The quantitative estimate of drug-likeness (QED) is 0.599. The molecule has 0 radical (unpaired) electrons. The molecule has 0 bridgehead atoms. The predicted molar refractivity (Wildman–Crippen MR) is 91.1 cm³/mol. The highest BCUT2D eigenvalue weighted by Gasteiger charge is 2.51. The van der Waals surface area contributed by atoms with Gasteiger partial charge in [0.1, 0.15) is 11.7 Å². The van der Waals surface area contributed by atoms with Crippen molar-refractivity contribution in [3.63, 3.8) is 0 Å². The molecule has 1 aromatic heterocycles. The third kappa shape index (κ3) is 2.78. The average Bonchev–Trinajstić information content (AvgIpc) is 3.21. The summed E-state index contributed by atoms with van der Waals surface area (Å²) in [6.07, 6.45) is 1.55. The smallest absolute Gasteiger partial charge is 0.297 e. The molecule has 8 heteroatoms. The third-order valence-electron chi connectivity index (χ3n) is 4.12. The average molecular weight is 360 g/mol. The van der Waals surface area contributed by atoms with E-state index in [1.165, 1.54) is 37.4 Å². The summed E-state index contributed by atoms with van der Waals surface area (Å²) in [5.41, 5.74) is 0.604. The minimum absolute atomic E-state index is 0.364. The molecule has 1 aromatic carbocycles. The Balaban J connectivity index is 2.15. The fraction of sp³-hybridized carbons (Fsp3) is 0.294. The molecule has 0 spiro atoms. The first kappa shape index (κ1) is 17.1. The van der Waals surface area contributed by atoms with Gasteiger partial charge in [-0.25, -0.2) is 4.98 Å². The van der Waals surface area contributed by atoms with Crippen LogP contribution in [0.3, 0.4) is 0 Å². The SMILES string of the molecule is COc1ccc(C2C(C(C)=O)C(=O)C(=O)N2c2nccs2)cc1OC. The fourth-order valence-electron chi connectivity index (χ4n) is 3.00. The Hall–Kier alpha value is -2.74. The Kier molecular flexibility index (Phi) is 4.54. The lowest BCUT2D eigenvalue weighted by atomic mass is 9.90. The lowest BCUT2D eigenvalue weighted by molar-refractivity contribution is -0.138. The van der Waals surface area contributed by atoms with Crippen molar-refractivity contribution in [2.24, 2.45) is 5.92 Å². The number of nitrogens with zero attached hydrogens (tertiary/aromatic N) is 2. The van der Waals surface area contributed by atoms with Gasteiger partial charge in [0.15, 0.2) is 16.6 Å². The van der Waals surface area contributed by atoms with Gasteiger partial charge in [-0.05, 0) is 24.6 Å². The maximum absolute atomic E-state index is 12.5. The molecule has 130 valence electrons. The molecule has 1 saturated heterocycles. The molecule has 2 heterocycles. The van der Waals surface area contributed by atoms with E-state index >= 15 is 0 Å². The summed E-state index contributed by atoms with van der Waals surface area (Å²) in [5.74, 6) is -1.92. The summed E-state index contributed by atoms with van der Waals surface area (Å²) in [4.78, 5) is 42.5.